The summed E-state index contributed by atoms with van der Waals surface area (Å²) in [6, 6.07) is 1.83. The molecule has 0 radical (unpaired) electrons. The Morgan fingerprint density at radius 2 is 2.14 bits per heavy atom. The van der Waals surface area contributed by atoms with Crippen molar-refractivity contribution in [1.29, 1.82) is 0 Å². The van der Waals surface area contributed by atoms with Crippen LogP contribution in [0.5, 0.6) is 0 Å². The first kappa shape index (κ1) is 11.8. The topological polar surface area (TPSA) is 25.8 Å². The molecule has 0 aliphatic heterocycles. The van der Waals surface area contributed by atoms with Gasteiger partial charge in [-0.25, -0.2) is 9.97 Å². The highest BCUT2D eigenvalue weighted by Crippen LogP contribution is 2.13. The van der Waals surface area contributed by atoms with Crippen molar-refractivity contribution in [1.82, 2.24) is 9.97 Å². The van der Waals surface area contributed by atoms with Crippen LogP contribution < -0.4 is 0 Å². The van der Waals surface area contributed by atoms with Gasteiger partial charge in [-0.05, 0) is 24.7 Å². The number of aromatic nitrogens is 2. The number of hydrogen-bond donors (Lipinski definition) is 0. The first-order chi connectivity index (χ1) is 6.76. The predicted octanol–water partition coefficient (Wildman–Crippen LogP) is 3.34. The Morgan fingerprint density at radius 3 is 2.79 bits per heavy atom. The Morgan fingerprint density at radius 1 is 1.36 bits per heavy atom. The lowest BCUT2D eigenvalue weighted by atomic mass is 10.3. The van der Waals surface area contributed by atoms with E-state index in [2.05, 4.69) is 23.8 Å². The molecule has 14 heavy (non-hydrogen) atoms. The standard InChI is InChI=1S/C10H15ClN2S/c1-3-5-14-7-10-12-8(4-2)6-9(11)13-10/h6H,3-5,7H2,1-2H3. The predicted molar refractivity (Wildman–Crippen MR) is 62.9 cm³/mol. The number of nitrogens with zero attached hydrogens (tertiary/aromatic N) is 2. The molecule has 1 rings (SSSR count). The first-order valence-corrected chi connectivity index (χ1v) is 6.39. The molecule has 0 atom stereocenters. The van der Waals surface area contributed by atoms with Gasteiger partial charge in [0.1, 0.15) is 11.0 Å². The maximum Gasteiger partial charge on any atom is 0.140 e. The molecule has 0 N–H and O–H groups in total. The van der Waals surface area contributed by atoms with Crippen molar-refractivity contribution < 1.29 is 0 Å². The first-order valence-electron chi connectivity index (χ1n) is 4.86. The smallest absolute Gasteiger partial charge is 0.140 e. The molecule has 1 heterocycles. The van der Waals surface area contributed by atoms with Crippen LogP contribution in [0.1, 0.15) is 31.8 Å². The van der Waals surface area contributed by atoms with E-state index in [1.165, 1.54) is 6.42 Å². The molecule has 0 fully saturated rings. The molecule has 1 aromatic heterocycles. The SMILES string of the molecule is CCCSCc1nc(Cl)cc(CC)n1. The van der Waals surface area contributed by atoms with Gasteiger partial charge in [0, 0.05) is 5.69 Å². The summed E-state index contributed by atoms with van der Waals surface area (Å²) in [5.41, 5.74) is 1.03. The molecular formula is C10H15ClN2S. The second-order valence-corrected chi connectivity index (χ2v) is 4.50. The van der Waals surface area contributed by atoms with E-state index in [1.807, 2.05) is 17.8 Å². The van der Waals surface area contributed by atoms with Gasteiger partial charge in [0.2, 0.25) is 0 Å². The van der Waals surface area contributed by atoms with Crippen molar-refractivity contribution in [2.45, 2.75) is 32.4 Å². The lowest BCUT2D eigenvalue weighted by molar-refractivity contribution is 0.939. The van der Waals surface area contributed by atoms with Crippen LogP contribution in [0.25, 0.3) is 0 Å². The van der Waals surface area contributed by atoms with E-state index in [9.17, 15) is 0 Å². The van der Waals surface area contributed by atoms with Gasteiger partial charge in [-0.2, -0.15) is 11.8 Å². The minimum absolute atomic E-state index is 0.559. The molecule has 0 saturated carbocycles. The van der Waals surface area contributed by atoms with Crippen LogP contribution in [0.3, 0.4) is 0 Å². The van der Waals surface area contributed by atoms with Crippen molar-refractivity contribution in [2.24, 2.45) is 0 Å². The van der Waals surface area contributed by atoms with Crippen molar-refractivity contribution >= 4 is 23.4 Å². The summed E-state index contributed by atoms with van der Waals surface area (Å²) >= 11 is 7.73. The van der Waals surface area contributed by atoms with Crippen LogP contribution in [-0.2, 0) is 12.2 Å². The van der Waals surface area contributed by atoms with Crippen LogP contribution in [0.15, 0.2) is 6.07 Å². The second kappa shape index (κ2) is 6.25. The summed E-state index contributed by atoms with van der Waals surface area (Å²) < 4.78 is 0. The van der Waals surface area contributed by atoms with Crippen LogP contribution in [0.4, 0.5) is 0 Å². The average molecular weight is 231 g/mol. The molecule has 2 nitrogen and oxygen atoms in total. The van der Waals surface area contributed by atoms with Crippen molar-refractivity contribution in [2.75, 3.05) is 5.75 Å². The Balaban J connectivity index is 2.62. The van der Waals surface area contributed by atoms with E-state index in [1.54, 1.807) is 0 Å². The molecule has 0 aromatic carbocycles. The molecule has 0 amide bonds. The number of rotatable bonds is 5. The van der Waals surface area contributed by atoms with Gasteiger partial charge in [-0.1, -0.05) is 25.4 Å². The number of aryl methyl sites for hydroxylation is 1. The maximum atomic E-state index is 5.88. The third-order valence-electron chi connectivity index (χ3n) is 1.74. The normalized spacial score (nSPS) is 10.5. The third-order valence-corrected chi connectivity index (χ3v) is 3.09. The highest BCUT2D eigenvalue weighted by Gasteiger charge is 2.01. The van der Waals surface area contributed by atoms with E-state index < -0.39 is 0 Å². The monoisotopic (exact) mass is 230 g/mol. The Labute approximate surface area is 94.5 Å². The minimum atomic E-state index is 0.559. The van der Waals surface area contributed by atoms with Gasteiger partial charge < -0.3 is 0 Å². The van der Waals surface area contributed by atoms with E-state index in [4.69, 9.17) is 11.6 Å². The fraction of sp³-hybridized carbons (Fsp3) is 0.600. The second-order valence-electron chi connectivity index (χ2n) is 3.00. The van der Waals surface area contributed by atoms with E-state index >= 15 is 0 Å². The van der Waals surface area contributed by atoms with Gasteiger partial charge in [-0.15, -0.1) is 0 Å². The molecule has 4 heteroatoms. The van der Waals surface area contributed by atoms with E-state index in [0.29, 0.717) is 5.15 Å². The molecule has 0 spiro atoms. The Kier molecular flexibility index (Phi) is 5.26. The lowest BCUT2D eigenvalue weighted by Gasteiger charge is -2.02. The Hall–Kier alpha value is -0.280. The largest absolute Gasteiger partial charge is 0.237 e. The molecule has 0 saturated heterocycles. The number of hydrogen-bond acceptors (Lipinski definition) is 3. The molecule has 0 aliphatic rings. The van der Waals surface area contributed by atoms with Gasteiger partial charge in [0.15, 0.2) is 0 Å². The van der Waals surface area contributed by atoms with Gasteiger partial charge in [0.25, 0.3) is 0 Å². The third kappa shape index (κ3) is 3.84. The molecule has 0 unspecified atom stereocenters. The number of thioether (sulfide) groups is 1. The quantitative estimate of drug-likeness (QED) is 0.573. The lowest BCUT2D eigenvalue weighted by Crippen LogP contribution is -1.98. The van der Waals surface area contributed by atoms with Crippen LogP contribution >= 0.6 is 23.4 Å². The minimum Gasteiger partial charge on any atom is -0.237 e. The van der Waals surface area contributed by atoms with Gasteiger partial charge >= 0.3 is 0 Å². The summed E-state index contributed by atoms with van der Waals surface area (Å²) in [6.45, 7) is 4.24. The molecular weight excluding hydrogens is 216 g/mol. The van der Waals surface area contributed by atoms with Gasteiger partial charge in [-0.3, -0.25) is 0 Å². The molecule has 0 bridgehead atoms. The molecule has 1 aromatic rings. The summed E-state index contributed by atoms with van der Waals surface area (Å²) in [5.74, 6) is 2.87. The molecule has 78 valence electrons. The fourth-order valence-electron chi connectivity index (χ4n) is 1.07. The fourth-order valence-corrected chi connectivity index (χ4v) is 2.04. The summed E-state index contributed by atoms with van der Waals surface area (Å²) in [4.78, 5) is 8.59. The highest BCUT2D eigenvalue weighted by atomic mass is 35.5. The highest BCUT2D eigenvalue weighted by molar-refractivity contribution is 7.98. The zero-order valence-corrected chi connectivity index (χ0v) is 10.2. The summed E-state index contributed by atoms with van der Waals surface area (Å²) in [6.07, 6.45) is 2.10. The van der Waals surface area contributed by atoms with Crippen LogP contribution in [0, 0.1) is 0 Å². The summed E-state index contributed by atoms with van der Waals surface area (Å²) in [5, 5.41) is 0.559. The molecule has 0 aliphatic carbocycles. The Bertz CT molecular complexity index is 291. The number of halogens is 1. The van der Waals surface area contributed by atoms with Crippen LogP contribution in [-0.4, -0.2) is 15.7 Å². The van der Waals surface area contributed by atoms with Crippen LogP contribution in [0.2, 0.25) is 5.15 Å². The zero-order chi connectivity index (χ0) is 10.4. The average Bonchev–Trinajstić information content (AvgIpc) is 2.17. The maximum absolute atomic E-state index is 5.88. The van der Waals surface area contributed by atoms with E-state index in [0.717, 1.165) is 29.4 Å². The van der Waals surface area contributed by atoms with Crippen molar-refractivity contribution in [3.63, 3.8) is 0 Å². The van der Waals surface area contributed by atoms with Crippen molar-refractivity contribution in [3.05, 3.63) is 22.7 Å². The van der Waals surface area contributed by atoms with E-state index in [-0.39, 0.29) is 0 Å². The zero-order valence-electron chi connectivity index (χ0n) is 8.59. The van der Waals surface area contributed by atoms with Crippen molar-refractivity contribution in [3.8, 4) is 0 Å². The van der Waals surface area contributed by atoms with Gasteiger partial charge in [0.05, 0.1) is 5.75 Å². The summed E-state index contributed by atoms with van der Waals surface area (Å²) in [7, 11) is 0.